The van der Waals surface area contributed by atoms with Crippen LogP contribution in [0.25, 0.3) is 11.1 Å². The number of nitrogens with zero attached hydrogens (tertiary/aromatic N) is 3. The predicted octanol–water partition coefficient (Wildman–Crippen LogP) is 6.70. The molecule has 0 spiro atoms. The lowest BCUT2D eigenvalue weighted by molar-refractivity contribution is -0.384. The number of hydrogen-bond acceptors (Lipinski definition) is 5. The van der Waals surface area contributed by atoms with Crippen molar-refractivity contribution >= 4 is 47.3 Å². The highest BCUT2D eigenvalue weighted by Crippen LogP contribution is 2.36. The minimum absolute atomic E-state index is 0. The van der Waals surface area contributed by atoms with Crippen LogP contribution in [0.1, 0.15) is 43.4 Å². The molecule has 204 valence electrons. The van der Waals surface area contributed by atoms with Crippen molar-refractivity contribution in [2.24, 2.45) is 0 Å². The first-order valence-electron chi connectivity index (χ1n) is 12.7. The van der Waals surface area contributed by atoms with E-state index in [4.69, 9.17) is 0 Å². The van der Waals surface area contributed by atoms with Crippen molar-refractivity contribution in [2.45, 2.75) is 32.7 Å². The van der Waals surface area contributed by atoms with Crippen LogP contribution in [0.4, 0.5) is 11.4 Å². The molecule has 1 saturated heterocycles. The number of non-ortho nitro benzene ring substituents is 1. The van der Waals surface area contributed by atoms with Gasteiger partial charge in [-0.1, -0.05) is 42.5 Å². The number of aliphatic hydroxyl groups excluding tert-OH is 1. The van der Waals surface area contributed by atoms with Gasteiger partial charge in [-0.2, -0.15) is 0 Å². The summed E-state index contributed by atoms with van der Waals surface area (Å²) in [6.07, 6.45) is 1.34. The zero-order chi connectivity index (χ0) is 25.5. The van der Waals surface area contributed by atoms with Gasteiger partial charge in [0.15, 0.2) is 0 Å². The van der Waals surface area contributed by atoms with Gasteiger partial charge in [0.25, 0.3) is 5.69 Å². The predicted molar refractivity (Wildman–Crippen MR) is 162 cm³/mol. The summed E-state index contributed by atoms with van der Waals surface area (Å²) in [6.45, 7) is 8.74. The average Bonchev–Trinajstić information content (AvgIpc) is 2.92. The van der Waals surface area contributed by atoms with Crippen LogP contribution in [0.3, 0.4) is 0 Å². The molecule has 6 nitrogen and oxygen atoms in total. The van der Waals surface area contributed by atoms with E-state index in [-0.39, 0.29) is 42.0 Å². The van der Waals surface area contributed by atoms with E-state index in [2.05, 4.69) is 60.0 Å². The van der Waals surface area contributed by atoms with E-state index >= 15 is 0 Å². The summed E-state index contributed by atoms with van der Waals surface area (Å²) < 4.78 is 0. The second kappa shape index (κ2) is 14.9. The van der Waals surface area contributed by atoms with Crippen molar-refractivity contribution < 1.29 is 10.0 Å². The summed E-state index contributed by atoms with van der Waals surface area (Å²) in [5.74, 6) is 0. The molecule has 1 aliphatic rings. The van der Waals surface area contributed by atoms with Gasteiger partial charge in [-0.15, -0.1) is 24.8 Å². The molecular formula is C30H37Cl2N3O3. The first-order valence-corrected chi connectivity index (χ1v) is 12.7. The normalized spacial score (nSPS) is 14.4. The number of aliphatic hydroxyl groups is 1. The Morgan fingerprint density at radius 3 is 1.89 bits per heavy atom. The van der Waals surface area contributed by atoms with E-state index in [1.54, 1.807) is 12.1 Å². The van der Waals surface area contributed by atoms with Gasteiger partial charge < -0.3 is 10.0 Å². The smallest absolute Gasteiger partial charge is 0.269 e. The molecule has 1 N–H and O–H groups in total. The Bertz CT molecular complexity index is 1180. The zero-order valence-electron chi connectivity index (χ0n) is 22.0. The van der Waals surface area contributed by atoms with Crippen LogP contribution >= 0.6 is 24.8 Å². The minimum Gasteiger partial charge on any atom is -0.396 e. The van der Waals surface area contributed by atoms with Gasteiger partial charge in [0, 0.05) is 56.6 Å². The van der Waals surface area contributed by atoms with Crippen LogP contribution < -0.4 is 4.90 Å². The fourth-order valence-electron chi connectivity index (χ4n) is 4.91. The third kappa shape index (κ3) is 7.58. The summed E-state index contributed by atoms with van der Waals surface area (Å²) in [4.78, 5) is 15.8. The SMILES string of the molecule is CC(C)N1CCN(c2ccc(/C(=C(/CCCO)c3ccccc3)c3ccc([N+](=O)[O-])cc3)cc2)CC1.Cl.Cl. The summed E-state index contributed by atoms with van der Waals surface area (Å²) in [5.41, 5.74) is 6.53. The number of hydrogen-bond donors (Lipinski definition) is 1. The monoisotopic (exact) mass is 557 g/mol. The number of nitro benzene ring substituents is 1. The largest absolute Gasteiger partial charge is 0.396 e. The number of halogens is 2. The fraction of sp³-hybridized carbons (Fsp3) is 0.333. The lowest BCUT2D eigenvalue weighted by atomic mass is 9.87. The van der Waals surface area contributed by atoms with Crippen molar-refractivity contribution in [3.8, 4) is 0 Å². The van der Waals surface area contributed by atoms with Gasteiger partial charge >= 0.3 is 0 Å². The highest BCUT2D eigenvalue weighted by molar-refractivity contribution is 5.98. The standard InChI is InChI=1S/C30H35N3O3.2ClH/c1-23(2)31-18-20-32(21-19-31)27-14-10-25(11-15-27)30(26-12-16-28(17-13-26)33(35)36)29(9-6-22-34)24-7-4-3-5-8-24;;/h3-5,7-8,10-17,23,34H,6,9,18-22H2,1-2H3;2*1H/b30-29+;;. The van der Waals surface area contributed by atoms with E-state index in [1.165, 1.54) is 5.69 Å². The highest BCUT2D eigenvalue weighted by atomic mass is 35.5. The molecule has 0 atom stereocenters. The molecule has 8 heteroatoms. The Labute approximate surface area is 238 Å². The number of benzene rings is 3. The second-order valence-electron chi connectivity index (χ2n) is 9.51. The summed E-state index contributed by atoms with van der Waals surface area (Å²) in [6, 6.07) is 26.2. The molecule has 3 aromatic rings. The molecule has 0 saturated carbocycles. The summed E-state index contributed by atoms with van der Waals surface area (Å²) >= 11 is 0. The van der Waals surface area contributed by atoms with E-state index in [0.29, 0.717) is 18.9 Å². The van der Waals surface area contributed by atoms with Gasteiger partial charge in [-0.3, -0.25) is 15.0 Å². The van der Waals surface area contributed by atoms with Crippen LogP contribution in [0.15, 0.2) is 78.9 Å². The van der Waals surface area contributed by atoms with Crippen molar-refractivity contribution in [2.75, 3.05) is 37.7 Å². The molecule has 0 bridgehead atoms. The number of anilines is 1. The Morgan fingerprint density at radius 2 is 1.39 bits per heavy atom. The van der Waals surface area contributed by atoms with Gasteiger partial charge in [-0.05, 0) is 78.8 Å². The number of piperazine rings is 1. The molecule has 3 aromatic carbocycles. The Morgan fingerprint density at radius 1 is 0.842 bits per heavy atom. The van der Waals surface area contributed by atoms with Gasteiger partial charge in [0.2, 0.25) is 0 Å². The number of allylic oxidation sites excluding steroid dienone is 1. The Hall–Kier alpha value is -2.90. The number of rotatable bonds is 9. The van der Waals surface area contributed by atoms with Crippen molar-refractivity contribution in [1.82, 2.24) is 4.90 Å². The lowest BCUT2D eigenvalue weighted by Gasteiger charge is -2.38. The van der Waals surface area contributed by atoms with E-state index < -0.39 is 0 Å². The lowest BCUT2D eigenvalue weighted by Crippen LogP contribution is -2.48. The molecule has 0 aliphatic carbocycles. The van der Waals surface area contributed by atoms with Crippen molar-refractivity contribution in [1.29, 1.82) is 0 Å². The first kappa shape index (κ1) is 31.3. The highest BCUT2D eigenvalue weighted by Gasteiger charge is 2.20. The summed E-state index contributed by atoms with van der Waals surface area (Å²) in [7, 11) is 0. The zero-order valence-corrected chi connectivity index (χ0v) is 23.6. The molecule has 0 unspecified atom stereocenters. The van der Waals surface area contributed by atoms with Gasteiger partial charge in [0.05, 0.1) is 4.92 Å². The van der Waals surface area contributed by atoms with Crippen LogP contribution in [-0.4, -0.2) is 53.8 Å². The topological polar surface area (TPSA) is 69.8 Å². The van der Waals surface area contributed by atoms with Gasteiger partial charge in [0.1, 0.15) is 0 Å². The van der Waals surface area contributed by atoms with Crippen LogP contribution in [0, 0.1) is 10.1 Å². The van der Waals surface area contributed by atoms with E-state index in [0.717, 1.165) is 54.0 Å². The maximum absolute atomic E-state index is 11.3. The summed E-state index contributed by atoms with van der Waals surface area (Å²) in [5, 5.41) is 20.9. The quantitative estimate of drug-likeness (QED) is 0.180. The second-order valence-corrected chi connectivity index (χ2v) is 9.51. The van der Waals surface area contributed by atoms with E-state index in [9.17, 15) is 15.2 Å². The molecule has 4 rings (SSSR count). The molecule has 0 radical (unpaired) electrons. The fourth-order valence-corrected chi connectivity index (χ4v) is 4.91. The average molecular weight is 559 g/mol. The molecule has 1 heterocycles. The molecule has 38 heavy (non-hydrogen) atoms. The van der Waals surface area contributed by atoms with Crippen molar-refractivity contribution in [3.63, 3.8) is 0 Å². The third-order valence-corrected chi connectivity index (χ3v) is 6.94. The maximum Gasteiger partial charge on any atom is 0.269 e. The van der Waals surface area contributed by atoms with Crippen LogP contribution in [-0.2, 0) is 0 Å². The van der Waals surface area contributed by atoms with Crippen LogP contribution in [0.2, 0.25) is 0 Å². The maximum atomic E-state index is 11.3. The van der Waals surface area contributed by atoms with Crippen LogP contribution in [0.5, 0.6) is 0 Å². The minimum atomic E-state index is -0.370. The molecule has 0 aromatic heterocycles. The molecule has 0 amide bonds. The van der Waals surface area contributed by atoms with E-state index in [1.807, 2.05) is 30.3 Å². The molecule has 1 aliphatic heterocycles. The number of nitro groups is 1. The Balaban J connectivity index is 0.00000253. The Kier molecular flexibility index (Phi) is 12.3. The third-order valence-electron chi connectivity index (χ3n) is 6.94. The molecular weight excluding hydrogens is 521 g/mol. The first-order chi connectivity index (χ1) is 17.5. The van der Waals surface area contributed by atoms with Crippen molar-refractivity contribution in [3.05, 3.63) is 106 Å². The van der Waals surface area contributed by atoms with Gasteiger partial charge in [-0.25, -0.2) is 0 Å². The molecule has 1 fully saturated rings.